The normalized spacial score (nSPS) is 11.9. The largest absolute Gasteiger partial charge is 0.350 e. The fraction of sp³-hybridized carbons (Fsp3) is 0.211. The number of rotatable bonds is 6. The topological polar surface area (TPSA) is 68.0 Å². The number of nitrogens with zero attached hydrogens (tertiary/aromatic N) is 2. The van der Waals surface area contributed by atoms with Crippen molar-refractivity contribution in [1.82, 2.24) is 15.5 Å². The lowest BCUT2D eigenvalue weighted by Crippen LogP contribution is -2.26. The van der Waals surface area contributed by atoms with E-state index in [0.29, 0.717) is 24.6 Å². The summed E-state index contributed by atoms with van der Waals surface area (Å²) in [5.74, 6) is 0.945. The van der Waals surface area contributed by atoms with Crippen LogP contribution in [0, 0.1) is 0 Å². The lowest BCUT2D eigenvalue weighted by molar-refractivity contribution is -0.121. The molecule has 1 amide bonds. The molecule has 25 heavy (non-hydrogen) atoms. The highest BCUT2D eigenvalue weighted by atomic mass is 79.9. The van der Waals surface area contributed by atoms with E-state index < -0.39 is 0 Å². The molecule has 128 valence electrons. The van der Waals surface area contributed by atoms with Gasteiger partial charge in [0.15, 0.2) is 0 Å². The Kier molecular flexibility index (Phi) is 5.60. The molecule has 1 aromatic heterocycles. The Bertz CT molecular complexity index is 831. The number of nitrogens with one attached hydrogen (secondary N) is 1. The molecular weight excluding hydrogens is 382 g/mol. The van der Waals surface area contributed by atoms with E-state index in [-0.39, 0.29) is 11.9 Å². The summed E-state index contributed by atoms with van der Waals surface area (Å²) < 4.78 is 6.23. The lowest BCUT2D eigenvalue weighted by Gasteiger charge is -2.13. The molecule has 2 aromatic carbocycles. The van der Waals surface area contributed by atoms with Crippen molar-refractivity contribution in [1.29, 1.82) is 0 Å². The van der Waals surface area contributed by atoms with Crippen molar-refractivity contribution >= 4 is 21.8 Å². The van der Waals surface area contributed by atoms with Crippen molar-refractivity contribution < 1.29 is 9.32 Å². The smallest absolute Gasteiger partial charge is 0.227 e. The van der Waals surface area contributed by atoms with E-state index in [1.807, 2.05) is 61.5 Å². The van der Waals surface area contributed by atoms with Gasteiger partial charge in [-0.05, 0) is 36.8 Å². The van der Waals surface area contributed by atoms with Gasteiger partial charge in [-0.3, -0.25) is 4.79 Å². The minimum atomic E-state index is -0.0419. The van der Waals surface area contributed by atoms with Crippen molar-refractivity contribution in [2.24, 2.45) is 0 Å². The fourth-order valence-electron chi connectivity index (χ4n) is 2.43. The minimum Gasteiger partial charge on any atom is -0.350 e. The fourth-order valence-corrected chi connectivity index (χ4v) is 2.70. The van der Waals surface area contributed by atoms with E-state index in [9.17, 15) is 4.79 Å². The Morgan fingerprint density at radius 3 is 2.60 bits per heavy atom. The molecule has 0 aliphatic heterocycles. The summed E-state index contributed by atoms with van der Waals surface area (Å²) in [6, 6.07) is 17.5. The molecule has 3 rings (SSSR count). The summed E-state index contributed by atoms with van der Waals surface area (Å²) >= 11 is 3.39. The second-order valence-corrected chi connectivity index (χ2v) is 6.63. The molecule has 0 radical (unpaired) electrons. The summed E-state index contributed by atoms with van der Waals surface area (Å²) in [6.45, 7) is 1.96. The number of aryl methyl sites for hydroxylation is 1. The van der Waals surface area contributed by atoms with Crippen LogP contribution >= 0.6 is 15.9 Å². The second kappa shape index (κ2) is 8.07. The average Bonchev–Trinajstić information content (AvgIpc) is 3.10. The quantitative estimate of drug-likeness (QED) is 0.670. The van der Waals surface area contributed by atoms with E-state index in [1.54, 1.807) is 0 Å². The van der Waals surface area contributed by atoms with Gasteiger partial charge in [-0.2, -0.15) is 4.98 Å². The number of benzene rings is 2. The molecule has 0 saturated heterocycles. The van der Waals surface area contributed by atoms with Gasteiger partial charge in [0.25, 0.3) is 0 Å². The Morgan fingerprint density at radius 1 is 1.16 bits per heavy atom. The molecule has 0 bridgehead atoms. The maximum atomic E-state index is 12.1. The molecule has 0 saturated carbocycles. The first-order valence-corrected chi connectivity index (χ1v) is 8.84. The molecule has 1 N–H and O–H groups in total. The monoisotopic (exact) mass is 399 g/mol. The highest BCUT2D eigenvalue weighted by Crippen LogP contribution is 2.19. The van der Waals surface area contributed by atoms with Crippen molar-refractivity contribution in [3.63, 3.8) is 0 Å². The molecule has 0 aliphatic carbocycles. The summed E-state index contributed by atoms with van der Waals surface area (Å²) in [4.78, 5) is 16.5. The number of carbonyl (C=O) groups excluding carboxylic acids is 1. The molecule has 0 unspecified atom stereocenters. The van der Waals surface area contributed by atoms with Crippen LogP contribution < -0.4 is 5.32 Å². The third-order valence-electron chi connectivity index (χ3n) is 3.81. The van der Waals surface area contributed by atoms with Crippen LogP contribution in [0.3, 0.4) is 0 Å². The first kappa shape index (κ1) is 17.4. The molecule has 6 heteroatoms. The molecule has 0 spiro atoms. The molecule has 1 heterocycles. The second-order valence-electron chi connectivity index (χ2n) is 5.72. The van der Waals surface area contributed by atoms with E-state index >= 15 is 0 Å². The van der Waals surface area contributed by atoms with Crippen LogP contribution in [-0.4, -0.2) is 16.0 Å². The lowest BCUT2D eigenvalue weighted by atomic mass is 10.1. The third kappa shape index (κ3) is 4.76. The predicted octanol–water partition coefficient (Wildman–Crippen LogP) is 4.31. The van der Waals surface area contributed by atoms with Crippen molar-refractivity contribution in [3.05, 3.63) is 70.5 Å². The van der Waals surface area contributed by atoms with Gasteiger partial charge in [0, 0.05) is 22.9 Å². The zero-order valence-corrected chi connectivity index (χ0v) is 15.4. The van der Waals surface area contributed by atoms with Crippen LogP contribution in [0.25, 0.3) is 11.4 Å². The molecule has 0 fully saturated rings. The number of halogens is 1. The summed E-state index contributed by atoms with van der Waals surface area (Å²) in [5, 5.41) is 6.95. The van der Waals surface area contributed by atoms with Gasteiger partial charge >= 0.3 is 0 Å². The predicted molar refractivity (Wildman–Crippen MR) is 98.8 cm³/mol. The van der Waals surface area contributed by atoms with Crippen LogP contribution in [0.15, 0.2) is 63.6 Å². The number of hydrogen-bond acceptors (Lipinski definition) is 4. The Balaban J connectivity index is 1.53. The van der Waals surface area contributed by atoms with Gasteiger partial charge in [0.2, 0.25) is 17.6 Å². The maximum absolute atomic E-state index is 12.1. The van der Waals surface area contributed by atoms with Crippen LogP contribution in [0.4, 0.5) is 0 Å². The van der Waals surface area contributed by atoms with Crippen LogP contribution in [-0.2, 0) is 11.2 Å². The average molecular weight is 400 g/mol. The summed E-state index contributed by atoms with van der Waals surface area (Å²) in [7, 11) is 0. The van der Waals surface area contributed by atoms with E-state index in [1.165, 1.54) is 0 Å². The SMILES string of the molecule is C[C@@H](NC(=O)CCc1nc(-c2ccc(Br)cc2)no1)c1ccccc1. The third-order valence-corrected chi connectivity index (χ3v) is 4.34. The molecular formula is C19H18BrN3O2. The highest BCUT2D eigenvalue weighted by Gasteiger charge is 2.13. The van der Waals surface area contributed by atoms with Gasteiger partial charge < -0.3 is 9.84 Å². The van der Waals surface area contributed by atoms with Crippen LogP contribution in [0.2, 0.25) is 0 Å². The Hall–Kier alpha value is -2.47. The van der Waals surface area contributed by atoms with Gasteiger partial charge in [-0.15, -0.1) is 0 Å². The van der Waals surface area contributed by atoms with Gasteiger partial charge in [0.1, 0.15) is 0 Å². The standard InChI is InChI=1S/C19H18BrN3O2/c1-13(14-5-3-2-4-6-14)21-17(24)11-12-18-22-19(23-25-18)15-7-9-16(20)10-8-15/h2-10,13H,11-12H2,1H3,(H,21,24)/t13-/m1/s1. The first-order valence-electron chi connectivity index (χ1n) is 8.04. The number of amides is 1. The van der Waals surface area contributed by atoms with Gasteiger partial charge in [0.05, 0.1) is 6.04 Å². The van der Waals surface area contributed by atoms with E-state index in [4.69, 9.17) is 4.52 Å². The van der Waals surface area contributed by atoms with Crippen LogP contribution in [0.5, 0.6) is 0 Å². The zero-order valence-electron chi connectivity index (χ0n) is 13.8. The van der Waals surface area contributed by atoms with Crippen molar-refractivity contribution in [3.8, 4) is 11.4 Å². The van der Waals surface area contributed by atoms with Gasteiger partial charge in [-0.25, -0.2) is 0 Å². The molecule has 3 aromatic rings. The first-order chi connectivity index (χ1) is 12.1. The Labute approximate surface area is 154 Å². The van der Waals surface area contributed by atoms with Crippen molar-refractivity contribution in [2.75, 3.05) is 0 Å². The zero-order chi connectivity index (χ0) is 17.6. The van der Waals surface area contributed by atoms with Gasteiger partial charge in [-0.1, -0.05) is 51.4 Å². The van der Waals surface area contributed by atoms with Crippen molar-refractivity contribution in [2.45, 2.75) is 25.8 Å². The molecule has 1 atom stereocenters. The Morgan fingerprint density at radius 2 is 1.88 bits per heavy atom. The molecule has 0 aliphatic rings. The number of carbonyl (C=O) groups is 1. The van der Waals surface area contributed by atoms with E-state index in [0.717, 1.165) is 15.6 Å². The number of aromatic nitrogens is 2. The molecule has 5 nitrogen and oxygen atoms in total. The summed E-state index contributed by atoms with van der Waals surface area (Å²) in [5.41, 5.74) is 1.95. The maximum Gasteiger partial charge on any atom is 0.227 e. The number of hydrogen-bond donors (Lipinski definition) is 1. The van der Waals surface area contributed by atoms with E-state index in [2.05, 4.69) is 31.4 Å². The summed E-state index contributed by atoms with van der Waals surface area (Å²) in [6.07, 6.45) is 0.718. The highest BCUT2D eigenvalue weighted by molar-refractivity contribution is 9.10. The van der Waals surface area contributed by atoms with Crippen LogP contribution in [0.1, 0.15) is 30.8 Å². The minimum absolute atomic E-state index is 0.0327.